The second kappa shape index (κ2) is 5.93. The third-order valence-corrected chi connectivity index (χ3v) is 4.89. The molecule has 0 amide bonds. The third kappa shape index (κ3) is 3.44. The van der Waals surface area contributed by atoms with Crippen LogP contribution in [0.2, 0.25) is 19.6 Å². The van der Waals surface area contributed by atoms with Crippen LogP contribution in [0, 0.1) is 0 Å². The van der Waals surface area contributed by atoms with Gasteiger partial charge in [-0.2, -0.15) is 0 Å². The number of rotatable bonds is 5. The second-order valence-corrected chi connectivity index (χ2v) is 11.4. The van der Waals surface area contributed by atoms with Gasteiger partial charge in [0, 0.05) is 26.1 Å². The Morgan fingerprint density at radius 1 is 1.23 bits per heavy atom. The molecule has 22 heavy (non-hydrogen) atoms. The number of methoxy groups -OCH3 is 1. The minimum absolute atomic E-state index is 0.939. The first-order chi connectivity index (χ1) is 10.4. The Balaban J connectivity index is 1.58. The molecule has 3 nitrogen and oxygen atoms in total. The van der Waals surface area contributed by atoms with E-state index in [4.69, 9.17) is 9.16 Å². The summed E-state index contributed by atoms with van der Waals surface area (Å²) in [6.07, 6.45) is 5.57. The van der Waals surface area contributed by atoms with Crippen LogP contribution in [0.3, 0.4) is 0 Å². The molecule has 0 bridgehead atoms. The van der Waals surface area contributed by atoms with Crippen molar-refractivity contribution in [1.29, 1.82) is 0 Å². The van der Waals surface area contributed by atoms with E-state index in [0.717, 1.165) is 31.8 Å². The molecule has 4 heteroatoms. The topological polar surface area (TPSA) is 21.7 Å². The molecule has 0 N–H and O–H groups in total. The van der Waals surface area contributed by atoms with Crippen LogP contribution in [0.5, 0.6) is 5.75 Å². The zero-order valence-electron chi connectivity index (χ0n) is 14.0. The van der Waals surface area contributed by atoms with Gasteiger partial charge in [-0.3, -0.25) is 4.90 Å². The maximum atomic E-state index is 6.10. The van der Waals surface area contributed by atoms with Crippen molar-refractivity contribution in [2.75, 3.05) is 26.7 Å². The summed E-state index contributed by atoms with van der Waals surface area (Å²) in [5, 5.41) is 0. The summed E-state index contributed by atoms with van der Waals surface area (Å²) in [5.41, 5.74) is 4.08. The number of hydrogen-bond donors (Lipinski definition) is 0. The minimum atomic E-state index is -1.46. The molecule has 118 valence electrons. The summed E-state index contributed by atoms with van der Waals surface area (Å²) >= 11 is 0. The Hall–Kier alpha value is -1.52. The van der Waals surface area contributed by atoms with Gasteiger partial charge in [0.05, 0.1) is 12.9 Å². The predicted octanol–water partition coefficient (Wildman–Crippen LogP) is 3.99. The van der Waals surface area contributed by atoms with Crippen molar-refractivity contribution in [1.82, 2.24) is 4.90 Å². The number of nitrogens with zero attached hydrogens (tertiary/aromatic N) is 1. The van der Waals surface area contributed by atoms with Gasteiger partial charge in [0.15, 0.2) is 0 Å². The van der Waals surface area contributed by atoms with Gasteiger partial charge < -0.3 is 9.16 Å². The molecular formula is C18H25NO2Si. The Morgan fingerprint density at radius 3 is 2.68 bits per heavy atom. The van der Waals surface area contributed by atoms with Crippen LogP contribution in [0.25, 0.3) is 11.6 Å². The zero-order chi connectivity index (χ0) is 15.7. The molecule has 3 rings (SSSR count). The average Bonchev–Trinajstić information content (AvgIpc) is 2.45. The first-order valence-electron chi connectivity index (χ1n) is 7.94. The summed E-state index contributed by atoms with van der Waals surface area (Å²) in [4.78, 5) is 2.48. The fraction of sp³-hybridized carbons (Fsp3) is 0.444. The lowest BCUT2D eigenvalue weighted by Gasteiger charge is -2.32. The average molecular weight is 315 g/mol. The number of benzene rings is 1. The highest BCUT2D eigenvalue weighted by Gasteiger charge is 2.23. The Labute approximate surface area is 134 Å². The Kier molecular flexibility index (Phi) is 4.15. The fourth-order valence-corrected chi connectivity index (χ4v) is 3.92. The van der Waals surface area contributed by atoms with Crippen LogP contribution in [0.1, 0.15) is 17.5 Å². The zero-order valence-corrected chi connectivity index (χ0v) is 15.0. The molecule has 0 unspecified atom stereocenters. The van der Waals surface area contributed by atoms with E-state index >= 15 is 0 Å². The highest BCUT2D eigenvalue weighted by molar-refractivity contribution is 6.70. The Bertz CT molecular complexity index is 628. The van der Waals surface area contributed by atoms with Gasteiger partial charge >= 0.3 is 0 Å². The minimum Gasteiger partial charge on any atom is -0.547 e. The molecular weight excluding hydrogens is 290 g/mol. The van der Waals surface area contributed by atoms with Crippen LogP contribution in [-0.2, 0) is 4.43 Å². The van der Waals surface area contributed by atoms with Crippen LogP contribution in [0.15, 0.2) is 30.0 Å². The highest BCUT2D eigenvalue weighted by Crippen LogP contribution is 2.35. The van der Waals surface area contributed by atoms with Crippen molar-refractivity contribution in [3.8, 4) is 5.75 Å². The number of ether oxygens (including phenoxy) is 1. The molecule has 2 aliphatic rings. The summed E-state index contributed by atoms with van der Waals surface area (Å²) in [5.74, 6) is 2.13. The van der Waals surface area contributed by atoms with E-state index < -0.39 is 8.32 Å². The third-order valence-electron chi connectivity index (χ3n) is 4.02. The van der Waals surface area contributed by atoms with Crippen molar-refractivity contribution in [3.63, 3.8) is 0 Å². The normalized spacial score (nSPS) is 18.0. The van der Waals surface area contributed by atoms with Gasteiger partial charge in [-0.15, -0.1) is 0 Å². The fourth-order valence-electron chi connectivity index (χ4n) is 2.95. The van der Waals surface area contributed by atoms with Crippen LogP contribution in [0.4, 0.5) is 0 Å². The maximum Gasteiger partial charge on any atom is 0.241 e. The van der Waals surface area contributed by atoms with Crippen LogP contribution < -0.4 is 4.74 Å². The Morgan fingerprint density at radius 2 is 2.05 bits per heavy atom. The number of fused-ring (bicyclic) bond motifs is 1. The molecule has 0 aromatic heterocycles. The van der Waals surface area contributed by atoms with Crippen molar-refractivity contribution in [3.05, 3.63) is 41.2 Å². The van der Waals surface area contributed by atoms with E-state index in [1.807, 2.05) is 6.07 Å². The first kappa shape index (κ1) is 15.4. The van der Waals surface area contributed by atoms with E-state index in [0.29, 0.717) is 0 Å². The standard InChI is InChI=1S/C18H25NO2Si/c1-20-17-6-5-14-11-15(18(14)12-17)13-19-9-7-16(8-10-19)21-22(2,3)4/h5-7,11-12H,8-10,13H2,1-4H3. The molecule has 0 spiro atoms. The molecule has 0 radical (unpaired) electrons. The van der Waals surface area contributed by atoms with Gasteiger partial charge in [0.25, 0.3) is 0 Å². The van der Waals surface area contributed by atoms with Gasteiger partial charge in [-0.25, -0.2) is 0 Å². The highest BCUT2D eigenvalue weighted by atomic mass is 28.4. The molecule has 1 aromatic carbocycles. The van der Waals surface area contributed by atoms with Crippen molar-refractivity contribution in [2.24, 2.45) is 0 Å². The quantitative estimate of drug-likeness (QED) is 0.767. The molecule has 0 atom stereocenters. The summed E-state index contributed by atoms with van der Waals surface area (Å²) < 4.78 is 11.4. The largest absolute Gasteiger partial charge is 0.547 e. The lowest BCUT2D eigenvalue weighted by atomic mass is 9.88. The molecule has 1 aliphatic heterocycles. The van der Waals surface area contributed by atoms with Gasteiger partial charge in [-0.1, -0.05) is 6.07 Å². The molecule has 1 aliphatic carbocycles. The summed E-state index contributed by atoms with van der Waals surface area (Å²) in [6.45, 7) is 9.79. The van der Waals surface area contributed by atoms with E-state index in [2.05, 4.69) is 48.8 Å². The second-order valence-electron chi connectivity index (χ2n) is 6.99. The molecule has 0 fully saturated rings. The molecule has 1 aromatic rings. The van der Waals surface area contributed by atoms with E-state index in [1.165, 1.54) is 22.5 Å². The summed E-state index contributed by atoms with van der Waals surface area (Å²) in [6, 6.07) is 6.30. The predicted molar refractivity (Wildman–Crippen MR) is 94.4 cm³/mol. The van der Waals surface area contributed by atoms with Gasteiger partial charge in [0.2, 0.25) is 8.32 Å². The lowest BCUT2D eigenvalue weighted by Crippen LogP contribution is -2.34. The van der Waals surface area contributed by atoms with Gasteiger partial charge in [-0.05, 0) is 60.6 Å². The van der Waals surface area contributed by atoms with Crippen LogP contribution in [-0.4, -0.2) is 40.0 Å². The molecule has 1 heterocycles. The van der Waals surface area contributed by atoms with E-state index in [-0.39, 0.29) is 0 Å². The number of hydrogen-bond acceptors (Lipinski definition) is 3. The molecule has 0 saturated heterocycles. The smallest absolute Gasteiger partial charge is 0.241 e. The van der Waals surface area contributed by atoms with E-state index in [1.54, 1.807) is 7.11 Å². The maximum absolute atomic E-state index is 6.10. The van der Waals surface area contributed by atoms with Crippen molar-refractivity contribution < 1.29 is 9.16 Å². The lowest BCUT2D eigenvalue weighted by molar-refractivity contribution is 0.283. The SMILES string of the molecule is COc1ccc2c(c1)C(CN1CC=C(O[Si](C)(C)C)CC1)=C2. The van der Waals surface area contributed by atoms with Crippen molar-refractivity contribution >= 4 is 20.0 Å². The summed E-state index contributed by atoms with van der Waals surface area (Å²) in [7, 11) is 0.257. The monoisotopic (exact) mass is 315 g/mol. The first-order valence-corrected chi connectivity index (χ1v) is 11.3. The van der Waals surface area contributed by atoms with Crippen LogP contribution >= 0.6 is 0 Å². The van der Waals surface area contributed by atoms with Crippen molar-refractivity contribution in [2.45, 2.75) is 26.1 Å². The van der Waals surface area contributed by atoms with E-state index in [9.17, 15) is 0 Å². The van der Waals surface area contributed by atoms with Gasteiger partial charge in [0.1, 0.15) is 5.75 Å². The molecule has 0 saturated carbocycles.